The average Bonchev–Trinajstić information content (AvgIpc) is 2.98. The molecular formula is C14H11N3O2S. The fourth-order valence-corrected chi connectivity index (χ4v) is 2.91. The molecule has 0 spiro atoms. The van der Waals surface area contributed by atoms with E-state index in [0.717, 1.165) is 16.2 Å². The highest BCUT2D eigenvalue weighted by Crippen LogP contribution is 2.34. The summed E-state index contributed by atoms with van der Waals surface area (Å²) in [5.41, 5.74) is 5.18. The zero-order valence-electron chi connectivity index (χ0n) is 10.4. The van der Waals surface area contributed by atoms with Crippen LogP contribution in [0.5, 0.6) is 0 Å². The highest BCUT2D eigenvalue weighted by Gasteiger charge is 2.22. The van der Waals surface area contributed by atoms with Crippen LogP contribution in [-0.4, -0.2) is 9.97 Å². The van der Waals surface area contributed by atoms with Crippen molar-refractivity contribution >= 4 is 22.5 Å². The second-order valence-corrected chi connectivity index (χ2v) is 5.35. The van der Waals surface area contributed by atoms with Crippen LogP contribution in [-0.2, 0) is 0 Å². The second kappa shape index (κ2) is 5.34. The number of hydrogen-bond donors (Lipinski definition) is 1. The first-order valence-corrected chi connectivity index (χ1v) is 6.91. The van der Waals surface area contributed by atoms with Gasteiger partial charge in [0.15, 0.2) is 0 Å². The maximum Gasteiger partial charge on any atom is 0.269 e. The molecule has 0 aliphatic carbocycles. The van der Waals surface area contributed by atoms with Crippen molar-refractivity contribution in [2.75, 3.05) is 0 Å². The van der Waals surface area contributed by atoms with E-state index in [-0.39, 0.29) is 11.1 Å². The van der Waals surface area contributed by atoms with Gasteiger partial charge in [-0.2, -0.15) is 5.10 Å². The minimum absolute atomic E-state index is 0.00832. The Bertz CT molecular complexity index is 656. The van der Waals surface area contributed by atoms with Gasteiger partial charge in [0.1, 0.15) is 10.4 Å². The van der Waals surface area contributed by atoms with Crippen molar-refractivity contribution in [2.45, 2.75) is 5.37 Å². The molecule has 6 heteroatoms. The molecule has 0 fully saturated rings. The number of nitro groups is 1. The summed E-state index contributed by atoms with van der Waals surface area (Å²) in [6.45, 7) is 0. The Kier molecular flexibility index (Phi) is 3.39. The van der Waals surface area contributed by atoms with Gasteiger partial charge in [-0.15, -0.1) is 0 Å². The van der Waals surface area contributed by atoms with E-state index in [1.54, 1.807) is 23.9 Å². The van der Waals surface area contributed by atoms with E-state index in [2.05, 4.69) is 10.5 Å². The molecular weight excluding hydrogens is 274 g/mol. The highest BCUT2D eigenvalue weighted by atomic mass is 32.2. The molecule has 1 heterocycles. The molecule has 1 N–H and O–H groups in total. The molecule has 1 unspecified atom stereocenters. The molecule has 0 aromatic heterocycles. The quantitative estimate of drug-likeness (QED) is 0.694. The van der Waals surface area contributed by atoms with E-state index in [4.69, 9.17) is 0 Å². The van der Waals surface area contributed by atoms with Crippen LogP contribution in [0, 0.1) is 10.1 Å². The van der Waals surface area contributed by atoms with Crippen molar-refractivity contribution in [3.8, 4) is 0 Å². The zero-order chi connectivity index (χ0) is 13.9. The van der Waals surface area contributed by atoms with E-state index >= 15 is 0 Å². The van der Waals surface area contributed by atoms with Crippen LogP contribution in [0.15, 0.2) is 59.7 Å². The number of hydrazone groups is 1. The molecule has 5 nitrogen and oxygen atoms in total. The van der Waals surface area contributed by atoms with E-state index in [9.17, 15) is 10.1 Å². The molecule has 0 radical (unpaired) electrons. The fourth-order valence-electron chi connectivity index (χ4n) is 1.91. The van der Waals surface area contributed by atoms with E-state index < -0.39 is 4.92 Å². The maximum atomic E-state index is 10.6. The molecule has 1 aliphatic rings. The summed E-state index contributed by atoms with van der Waals surface area (Å²) < 4.78 is 0. The van der Waals surface area contributed by atoms with Gasteiger partial charge in [0.2, 0.25) is 0 Å². The molecule has 1 aliphatic heterocycles. The van der Waals surface area contributed by atoms with Crippen LogP contribution in [0.4, 0.5) is 5.69 Å². The Morgan fingerprint density at radius 1 is 1.10 bits per heavy atom. The van der Waals surface area contributed by atoms with Gasteiger partial charge in [-0.3, -0.25) is 15.5 Å². The lowest BCUT2D eigenvalue weighted by Crippen LogP contribution is -2.06. The van der Waals surface area contributed by atoms with Crippen molar-refractivity contribution in [3.05, 3.63) is 75.8 Å². The van der Waals surface area contributed by atoms with Gasteiger partial charge in [0, 0.05) is 17.7 Å². The lowest BCUT2D eigenvalue weighted by molar-refractivity contribution is -0.384. The van der Waals surface area contributed by atoms with Gasteiger partial charge in [0.25, 0.3) is 5.69 Å². The van der Waals surface area contributed by atoms with Gasteiger partial charge >= 0.3 is 0 Å². The molecule has 20 heavy (non-hydrogen) atoms. The normalized spacial score (nSPS) is 17.4. The van der Waals surface area contributed by atoms with Crippen LogP contribution < -0.4 is 5.43 Å². The fraction of sp³-hybridized carbons (Fsp3) is 0.0714. The first kappa shape index (κ1) is 12.7. The minimum atomic E-state index is -0.398. The standard InChI is InChI=1S/C14H11N3O2S/c18-17(19)12-8-6-11(7-9-12)14-16-15-13(20-14)10-4-2-1-3-5-10/h1-9,14,16H. The molecule has 0 saturated carbocycles. The van der Waals surface area contributed by atoms with E-state index in [1.165, 1.54) is 12.1 Å². The summed E-state index contributed by atoms with van der Waals surface area (Å²) in [5.74, 6) is 0. The lowest BCUT2D eigenvalue weighted by atomic mass is 10.2. The number of thioether (sulfide) groups is 1. The Labute approximate surface area is 119 Å². The molecule has 2 aromatic carbocycles. The van der Waals surface area contributed by atoms with Crippen molar-refractivity contribution in [2.24, 2.45) is 5.10 Å². The summed E-state index contributed by atoms with van der Waals surface area (Å²) in [6, 6.07) is 16.5. The van der Waals surface area contributed by atoms with Gasteiger partial charge in [0.05, 0.1) is 4.92 Å². The Morgan fingerprint density at radius 3 is 2.45 bits per heavy atom. The maximum absolute atomic E-state index is 10.6. The van der Waals surface area contributed by atoms with Crippen molar-refractivity contribution in [3.63, 3.8) is 0 Å². The molecule has 0 saturated heterocycles. The van der Waals surface area contributed by atoms with Gasteiger partial charge < -0.3 is 0 Å². The third-order valence-electron chi connectivity index (χ3n) is 2.94. The van der Waals surface area contributed by atoms with Crippen molar-refractivity contribution in [1.82, 2.24) is 5.43 Å². The third-order valence-corrected chi connectivity index (χ3v) is 4.10. The number of benzene rings is 2. The average molecular weight is 285 g/mol. The van der Waals surface area contributed by atoms with Crippen LogP contribution in [0.3, 0.4) is 0 Å². The smallest absolute Gasteiger partial charge is 0.269 e. The third kappa shape index (κ3) is 2.50. The largest absolute Gasteiger partial charge is 0.291 e. The minimum Gasteiger partial charge on any atom is -0.291 e. The monoisotopic (exact) mass is 285 g/mol. The molecule has 0 amide bonds. The summed E-state index contributed by atoms with van der Waals surface area (Å²) in [5, 5.41) is 15.9. The zero-order valence-corrected chi connectivity index (χ0v) is 11.2. The van der Waals surface area contributed by atoms with Crippen LogP contribution >= 0.6 is 11.8 Å². The number of rotatable bonds is 3. The van der Waals surface area contributed by atoms with Crippen molar-refractivity contribution in [1.29, 1.82) is 0 Å². The van der Waals surface area contributed by atoms with Crippen LogP contribution in [0.2, 0.25) is 0 Å². The number of non-ortho nitro benzene ring substituents is 1. The predicted octanol–water partition coefficient (Wildman–Crippen LogP) is 3.29. The van der Waals surface area contributed by atoms with E-state index in [0.29, 0.717) is 0 Å². The summed E-state index contributed by atoms with van der Waals surface area (Å²) in [6.07, 6.45) is 0. The Morgan fingerprint density at radius 2 is 1.80 bits per heavy atom. The van der Waals surface area contributed by atoms with Crippen molar-refractivity contribution < 1.29 is 4.92 Å². The first-order valence-electron chi connectivity index (χ1n) is 6.04. The summed E-state index contributed by atoms with van der Waals surface area (Å²) >= 11 is 1.60. The summed E-state index contributed by atoms with van der Waals surface area (Å²) in [4.78, 5) is 10.2. The second-order valence-electron chi connectivity index (χ2n) is 4.26. The number of nitrogens with one attached hydrogen (secondary N) is 1. The Balaban J connectivity index is 1.74. The number of nitrogens with zero attached hydrogens (tertiary/aromatic N) is 2. The predicted molar refractivity (Wildman–Crippen MR) is 79.5 cm³/mol. The topological polar surface area (TPSA) is 67.5 Å². The first-order chi connectivity index (χ1) is 9.74. The van der Waals surface area contributed by atoms with Gasteiger partial charge in [-0.1, -0.05) is 42.1 Å². The number of hydrogen-bond acceptors (Lipinski definition) is 5. The SMILES string of the molecule is O=[N+]([O-])c1ccc(C2NN=C(c3ccccc3)S2)cc1. The van der Waals surface area contributed by atoms with E-state index in [1.807, 2.05) is 30.3 Å². The molecule has 0 bridgehead atoms. The van der Waals surface area contributed by atoms with Gasteiger partial charge in [-0.05, 0) is 17.7 Å². The van der Waals surface area contributed by atoms with Crippen LogP contribution in [0.25, 0.3) is 0 Å². The van der Waals surface area contributed by atoms with Crippen LogP contribution in [0.1, 0.15) is 16.5 Å². The molecule has 1 atom stereocenters. The molecule has 3 rings (SSSR count). The molecule has 2 aromatic rings. The summed E-state index contributed by atoms with van der Waals surface area (Å²) in [7, 11) is 0. The molecule has 100 valence electrons. The number of nitro benzene ring substituents is 1. The Hall–Kier alpha value is -2.34. The van der Waals surface area contributed by atoms with Gasteiger partial charge in [-0.25, -0.2) is 0 Å². The lowest BCUT2D eigenvalue weighted by Gasteiger charge is -2.08. The highest BCUT2D eigenvalue weighted by molar-refractivity contribution is 8.14.